The minimum absolute atomic E-state index is 0.119. The van der Waals surface area contributed by atoms with Crippen molar-refractivity contribution in [3.63, 3.8) is 0 Å². The first-order chi connectivity index (χ1) is 10.9. The first-order valence-corrected chi connectivity index (χ1v) is 11.4. The second-order valence-corrected chi connectivity index (χ2v) is 12.0. The summed E-state index contributed by atoms with van der Waals surface area (Å²) in [6.45, 7) is 8.86. The van der Waals surface area contributed by atoms with Crippen LogP contribution in [0.5, 0.6) is 0 Å². The summed E-state index contributed by atoms with van der Waals surface area (Å²) in [6, 6.07) is 22.3. The lowest BCUT2D eigenvalue weighted by molar-refractivity contribution is 0.104. The molecule has 0 fully saturated rings. The van der Waals surface area contributed by atoms with Gasteiger partial charge >= 0.3 is 0 Å². The van der Waals surface area contributed by atoms with Crippen molar-refractivity contribution in [2.75, 3.05) is 0 Å². The van der Waals surface area contributed by atoms with Gasteiger partial charge in [-0.3, -0.25) is 4.79 Å². The van der Waals surface area contributed by atoms with Crippen LogP contribution in [-0.2, 0) is 0 Å². The molecule has 0 heterocycles. The highest BCUT2D eigenvalue weighted by Gasteiger charge is 2.32. The molecule has 1 aliphatic carbocycles. The van der Waals surface area contributed by atoms with Crippen LogP contribution in [0.3, 0.4) is 0 Å². The molecule has 114 valence electrons. The van der Waals surface area contributed by atoms with E-state index in [0.717, 1.165) is 27.8 Å². The summed E-state index contributed by atoms with van der Waals surface area (Å²) < 4.78 is 0. The van der Waals surface area contributed by atoms with E-state index in [4.69, 9.17) is 0 Å². The highest BCUT2D eigenvalue weighted by atomic mass is 28.3. The van der Waals surface area contributed by atoms with Crippen molar-refractivity contribution in [1.82, 2.24) is 0 Å². The molecule has 2 aromatic carbocycles. The lowest BCUT2D eigenvalue weighted by atomic mass is 10.1. The zero-order valence-corrected chi connectivity index (χ0v) is 15.0. The molecule has 0 unspecified atom stereocenters. The van der Waals surface area contributed by atoms with E-state index in [1.807, 2.05) is 49.4 Å². The van der Waals surface area contributed by atoms with Gasteiger partial charge in [-0.15, -0.1) is 0 Å². The van der Waals surface area contributed by atoms with Gasteiger partial charge in [-0.1, -0.05) is 74.2 Å². The van der Waals surface area contributed by atoms with Crippen LogP contribution in [0.2, 0.25) is 19.6 Å². The highest BCUT2D eigenvalue weighted by Crippen LogP contribution is 2.34. The van der Waals surface area contributed by atoms with E-state index in [9.17, 15) is 4.79 Å². The van der Waals surface area contributed by atoms with E-state index >= 15 is 0 Å². The molecule has 0 aromatic heterocycles. The molecule has 1 aliphatic rings. The van der Waals surface area contributed by atoms with E-state index in [1.165, 1.54) is 5.19 Å². The van der Waals surface area contributed by atoms with E-state index in [2.05, 4.69) is 37.8 Å². The van der Waals surface area contributed by atoms with Gasteiger partial charge < -0.3 is 0 Å². The summed E-state index contributed by atoms with van der Waals surface area (Å²) in [4.78, 5) is 13.0. The van der Waals surface area contributed by atoms with Crippen LogP contribution >= 0.6 is 0 Å². The molecule has 2 heteroatoms. The summed E-state index contributed by atoms with van der Waals surface area (Å²) in [5.41, 5.74) is 4.57. The maximum absolute atomic E-state index is 13.0. The van der Waals surface area contributed by atoms with Crippen molar-refractivity contribution in [1.29, 1.82) is 0 Å². The minimum Gasteiger partial charge on any atom is -0.289 e. The number of carbonyl (C=O) groups is 1. The third-order valence-corrected chi connectivity index (χ3v) is 6.15. The fourth-order valence-corrected chi connectivity index (χ4v) is 4.53. The molecule has 0 saturated heterocycles. The molecule has 0 aliphatic heterocycles. The van der Waals surface area contributed by atoms with Gasteiger partial charge in [0, 0.05) is 22.3 Å². The summed E-state index contributed by atoms with van der Waals surface area (Å²) >= 11 is 0. The molecule has 1 nitrogen and oxygen atoms in total. The Morgan fingerprint density at radius 3 is 2.30 bits per heavy atom. The normalized spacial score (nSPS) is 12.1. The predicted octanol–water partition coefficient (Wildman–Crippen LogP) is 4.48. The van der Waals surface area contributed by atoms with E-state index in [0.29, 0.717) is 0 Å². The van der Waals surface area contributed by atoms with Gasteiger partial charge in [-0.2, -0.15) is 0 Å². The lowest BCUT2D eigenvalue weighted by Gasteiger charge is -2.18. The quantitative estimate of drug-likeness (QED) is 0.605. The molecule has 0 amide bonds. The van der Waals surface area contributed by atoms with Crippen molar-refractivity contribution in [2.45, 2.75) is 26.6 Å². The second-order valence-electron chi connectivity index (χ2n) is 6.97. The fourth-order valence-electron chi connectivity index (χ4n) is 2.94. The van der Waals surface area contributed by atoms with Crippen LogP contribution in [0.4, 0.5) is 0 Å². The summed E-state index contributed by atoms with van der Waals surface area (Å²) in [5, 5.41) is 1.17. The molecule has 23 heavy (non-hydrogen) atoms. The summed E-state index contributed by atoms with van der Waals surface area (Å²) in [6.07, 6.45) is 0. The van der Waals surface area contributed by atoms with Crippen molar-refractivity contribution < 1.29 is 4.79 Å². The number of aryl methyl sites for hydroxylation is 1. The molecule has 0 atom stereocenters. The Bertz CT molecular complexity index is 843. The molecule has 3 rings (SSSR count). The molecule has 0 radical (unpaired) electrons. The number of fused-ring (bicyclic) bond motifs is 3. The van der Waals surface area contributed by atoms with Crippen molar-refractivity contribution in [2.24, 2.45) is 0 Å². The van der Waals surface area contributed by atoms with E-state index in [1.54, 1.807) is 0 Å². The third kappa shape index (κ3) is 2.80. The fraction of sp³-hybridized carbons (Fsp3) is 0.190. The van der Waals surface area contributed by atoms with Gasteiger partial charge in [0.1, 0.15) is 0 Å². The van der Waals surface area contributed by atoms with Gasteiger partial charge in [0.25, 0.3) is 0 Å². The van der Waals surface area contributed by atoms with Crippen molar-refractivity contribution >= 4 is 19.0 Å². The monoisotopic (exact) mass is 316 g/mol. The lowest BCUT2D eigenvalue weighted by Crippen LogP contribution is -2.40. The Kier molecular flexibility index (Phi) is 3.83. The average molecular weight is 316 g/mol. The zero-order valence-electron chi connectivity index (χ0n) is 14.0. The molecule has 2 aromatic rings. The Hall–Kier alpha value is -2.37. The summed E-state index contributed by atoms with van der Waals surface area (Å²) in [5.74, 6) is 0.119. The van der Waals surface area contributed by atoms with Crippen LogP contribution in [0, 0.1) is 19.1 Å². The first-order valence-electron chi connectivity index (χ1n) is 7.85. The predicted molar refractivity (Wildman–Crippen MR) is 98.3 cm³/mol. The van der Waals surface area contributed by atoms with Crippen LogP contribution in [0.1, 0.15) is 21.5 Å². The number of benzene rings is 1. The van der Waals surface area contributed by atoms with Gasteiger partial charge in [-0.25, -0.2) is 0 Å². The van der Waals surface area contributed by atoms with E-state index < -0.39 is 8.07 Å². The molecule has 0 saturated carbocycles. The third-order valence-electron chi connectivity index (χ3n) is 4.11. The smallest absolute Gasteiger partial charge is 0.194 e. The SMILES string of the molecule is Cc1cc#cc2c(c([Si](C)(C)C)ccc1)C(=O)c1ccccc1-2. The topological polar surface area (TPSA) is 17.1 Å². The highest BCUT2D eigenvalue weighted by molar-refractivity contribution is 6.89. The average Bonchev–Trinajstić information content (AvgIpc) is 2.76. The van der Waals surface area contributed by atoms with Gasteiger partial charge in [0.15, 0.2) is 5.78 Å². The van der Waals surface area contributed by atoms with Crippen LogP contribution in [0.15, 0.2) is 48.5 Å². The maximum Gasteiger partial charge on any atom is 0.194 e. The zero-order chi connectivity index (χ0) is 16.6. The Morgan fingerprint density at radius 2 is 1.61 bits per heavy atom. The first kappa shape index (κ1) is 15.5. The largest absolute Gasteiger partial charge is 0.289 e. The van der Waals surface area contributed by atoms with Gasteiger partial charge in [-0.05, 0) is 23.7 Å². The molecular weight excluding hydrogens is 296 g/mol. The number of carbonyl (C=O) groups excluding carboxylic acids is 1. The molecule has 0 N–H and O–H groups in total. The van der Waals surface area contributed by atoms with Crippen LogP contribution < -0.4 is 5.19 Å². The number of hydrogen-bond acceptors (Lipinski definition) is 1. The number of hydrogen-bond donors (Lipinski definition) is 0. The molecule has 0 bridgehead atoms. The van der Waals surface area contributed by atoms with Crippen molar-refractivity contribution in [3.05, 3.63) is 77.4 Å². The number of rotatable bonds is 1. The number of ketones is 1. The van der Waals surface area contributed by atoms with Gasteiger partial charge in [0.05, 0.1) is 8.07 Å². The second kappa shape index (κ2) is 5.68. The van der Waals surface area contributed by atoms with Crippen LogP contribution in [-0.4, -0.2) is 13.9 Å². The molecular formula is C21H20OSi. The van der Waals surface area contributed by atoms with Crippen molar-refractivity contribution in [3.8, 4) is 11.1 Å². The Morgan fingerprint density at radius 1 is 0.913 bits per heavy atom. The van der Waals surface area contributed by atoms with Crippen LogP contribution in [0.25, 0.3) is 11.1 Å². The minimum atomic E-state index is -1.69. The van der Waals surface area contributed by atoms with Gasteiger partial charge in [0.2, 0.25) is 0 Å². The maximum atomic E-state index is 13.0. The Labute approximate surface area is 139 Å². The Balaban J connectivity index is 2.47. The van der Waals surface area contributed by atoms with E-state index in [-0.39, 0.29) is 5.78 Å². The molecule has 0 spiro atoms. The summed E-state index contributed by atoms with van der Waals surface area (Å²) in [7, 11) is -1.69. The standard InChI is InChI=1S/C21H20OSi/c1-15-9-7-13-17-16-11-5-6-12-18(16)21(22)20(17)19(14-8-10-15)23(2,3)4/h5-6,8-12,14H,1-4H3.